The smallest absolute Gasteiger partial charge is 0.522 e. The second-order valence-electron chi connectivity index (χ2n) is 15.5. The van der Waals surface area contributed by atoms with Gasteiger partial charge in [0.2, 0.25) is 0 Å². The summed E-state index contributed by atoms with van der Waals surface area (Å²) in [4.78, 5) is 12.0. The molecule has 0 bridgehead atoms. The molecular formula is C48H36BN5O2. The molecule has 0 spiro atoms. The lowest BCUT2D eigenvalue weighted by Gasteiger charge is -2.37. The van der Waals surface area contributed by atoms with Crippen LogP contribution in [-0.2, 0) is 5.41 Å². The summed E-state index contributed by atoms with van der Waals surface area (Å²) in [5.41, 5.74) is 10.7. The summed E-state index contributed by atoms with van der Waals surface area (Å²) in [5, 5.41) is 2.31. The number of pyridine rings is 1. The van der Waals surface area contributed by atoms with E-state index < -0.39 is 7.19 Å². The number of rotatable bonds is 3. The van der Waals surface area contributed by atoms with Crippen LogP contribution in [0.3, 0.4) is 0 Å². The molecular weight excluding hydrogens is 689 g/mol. The summed E-state index contributed by atoms with van der Waals surface area (Å²) in [6.45, 7) is 6.69. The molecule has 3 aromatic heterocycles. The number of nitrogens with zero attached hydrogens (tertiary/aromatic N) is 5. The molecule has 6 aromatic carbocycles. The predicted molar refractivity (Wildman–Crippen MR) is 226 cm³/mol. The maximum Gasteiger partial charge on any atom is 0.629 e. The average Bonchev–Trinajstić information content (AvgIpc) is 3.85. The normalized spacial score (nSPS) is 13.0. The van der Waals surface area contributed by atoms with Gasteiger partial charge in [-0.05, 0) is 82.8 Å². The second kappa shape index (κ2) is 12.2. The Bertz CT molecular complexity index is 3010. The highest BCUT2D eigenvalue weighted by molar-refractivity contribution is 6.60. The highest BCUT2D eigenvalue weighted by Gasteiger charge is 2.43. The molecule has 5 heterocycles. The largest absolute Gasteiger partial charge is 0.629 e. The van der Waals surface area contributed by atoms with Gasteiger partial charge in [-0.15, -0.1) is 0 Å². The van der Waals surface area contributed by atoms with Gasteiger partial charge in [-0.2, -0.15) is 0 Å². The van der Waals surface area contributed by atoms with E-state index in [1.54, 1.807) is 0 Å². The number of ether oxygens (including phenoxy) is 1. The van der Waals surface area contributed by atoms with Crippen LogP contribution in [0.1, 0.15) is 26.3 Å². The zero-order chi connectivity index (χ0) is 37.5. The highest BCUT2D eigenvalue weighted by Crippen LogP contribution is 2.49. The Morgan fingerprint density at radius 2 is 1.25 bits per heavy atom. The van der Waals surface area contributed by atoms with Crippen molar-refractivity contribution in [2.45, 2.75) is 26.2 Å². The molecule has 8 heteroatoms. The van der Waals surface area contributed by atoms with Gasteiger partial charge in [0, 0.05) is 63.5 Å². The SMILES string of the molecule is CC(C)(C)c1ccnc(-n2c3ccccc3c3ccc(Oc4ccc5c(c4)-c4nccn4B4Oc6ccccc6-c6ccccc6-c6ccccc6N45)cc32)c1. The van der Waals surface area contributed by atoms with Crippen LogP contribution in [0.25, 0.3) is 61.3 Å². The fraction of sp³-hybridized carbons (Fsp3) is 0.0833. The van der Waals surface area contributed by atoms with E-state index in [0.29, 0.717) is 5.75 Å². The maximum absolute atomic E-state index is 7.05. The van der Waals surface area contributed by atoms with E-state index in [-0.39, 0.29) is 5.41 Å². The van der Waals surface area contributed by atoms with Crippen molar-refractivity contribution in [1.29, 1.82) is 0 Å². The number of benzene rings is 6. The van der Waals surface area contributed by atoms with Gasteiger partial charge in [-0.1, -0.05) is 99.6 Å². The van der Waals surface area contributed by atoms with Crippen molar-refractivity contribution < 1.29 is 9.39 Å². The standard InChI is InChI=1S/C48H36BN5O2/c1-48(2,3)31-24-25-50-46(28-31)53-41-17-9-6-15-37(41)38-22-20-33(30-44(38)53)55-32-21-23-43-40(29-32)47-51-26-27-52(47)49-54(43)42-18-10-7-14-36(42)34-12-4-5-13-35(34)39-16-8-11-19-45(39)56-49/h4-30H,1-3H3. The number of para-hydroxylation sites is 3. The van der Waals surface area contributed by atoms with E-state index in [0.717, 1.165) is 78.8 Å². The molecule has 2 aliphatic rings. The van der Waals surface area contributed by atoms with Crippen LogP contribution in [0.15, 0.2) is 164 Å². The lowest BCUT2D eigenvalue weighted by Crippen LogP contribution is -2.50. The van der Waals surface area contributed by atoms with Gasteiger partial charge in [0.25, 0.3) is 0 Å². The molecule has 0 fully saturated rings. The van der Waals surface area contributed by atoms with Gasteiger partial charge in [-0.25, -0.2) is 9.97 Å². The van der Waals surface area contributed by atoms with Crippen LogP contribution < -0.4 is 14.2 Å². The molecule has 9 aromatic rings. The van der Waals surface area contributed by atoms with Crippen LogP contribution in [0.5, 0.6) is 17.2 Å². The van der Waals surface area contributed by atoms with Gasteiger partial charge in [0.1, 0.15) is 28.9 Å². The van der Waals surface area contributed by atoms with Crippen molar-refractivity contribution in [3.8, 4) is 56.7 Å². The number of hydrogen-bond donors (Lipinski definition) is 0. The van der Waals surface area contributed by atoms with Crippen molar-refractivity contribution in [2.75, 3.05) is 4.81 Å². The summed E-state index contributed by atoms with van der Waals surface area (Å²) in [6.07, 6.45) is 5.75. The van der Waals surface area contributed by atoms with Crippen LogP contribution in [0.2, 0.25) is 0 Å². The first-order chi connectivity index (χ1) is 27.4. The molecule has 0 saturated heterocycles. The molecule has 0 amide bonds. The monoisotopic (exact) mass is 725 g/mol. The number of fused-ring (bicyclic) bond motifs is 15. The minimum absolute atomic E-state index is 0.0130. The van der Waals surface area contributed by atoms with Gasteiger partial charge in [0.15, 0.2) is 0 Å². The van der Waals surface area contributed by atoms with Crippen molar-refractivity contribution >= 4 is 40.4 Å². The van der Waals surface area contributed by atoms with E-state index in [1.807, 2.05) is 30.7 Å². The molecule has 0 saturated carbocycles. The summed E-state index contributed by atoms with van der Waals surface area (Å²) >= 11 is 0. The predicted octanol–water partition coefficient (Wildman–Crippen LogP) is 11.8. The average molecular weight is 726 g/mol. The fourth-order valence-electron chi connectivity index (χ4n) is 8.44. The van der Waals surface area contributed by atoms with Gasteiger partial charge >= 0.3 is 7.19 Å². The molecule has 0 radical (unpaired) electrons. The van der Waals surface area contributed by atoms with Crippen LogP contribution in [-0.4, -0.2) is 26.2 Å². The van der Waals surface area contributed by atoms with E-state index in [4.69, 9.17) is 19.4 Å². The molecule has 0 atom stereocenters. The zero-order valence-corrected chi connectivity index (χ0v) is 31.2. The highest BCUT2D eigenvalue weighted by atomic mass is 16.5. The first-order valence-electron chi connectivity index (χ1n) is 19.0. The lowest BCUT2D eigenvalue weighted by molar-refractivity contribution is 0.483. The van der Waals surface area contributed by atoms with E-state index >= 15 is 0 Å². The fourth-order valence-corrected chi connectivity index (χ4v) is 8.44. The quantitative estimate of drug-likeness (QED) is 0.170. The Hall–Kier alpha value is -7.06. The Kier molecular flexibility index (Phi) is 7.07. The minimum atomic E-state index is -0.530. The number of aromatic nitrogens is 4. The molecule has 0 aliphatic carbocycles. The van der Waals surface area contributed by atoms with Crippen LogP contribution >= 0.6 is 0 Å². The molecule has 2 aliphatic heterocycles. The van der Waals surface area contributed by atoms with Gasteiger partial charge in [0.05, 0.1) is 11.0 Å². The van der Waals surface area contributed by atoms with Crippen LogP contribution in [0.4, 0.5) is 11.4 Å². The minimum Gasteiger partial charge on any atom is -0.522 e. The molecule has 268 valence electrons. The summed E-state index contributed by atoms with van der Waals surface area (Å²) in [5.74, 6) is 3.93. The van der Waals surface area contributed by atoms with E-state index in [9.17, 15) is 0 Å². The van der Waals surface area contributed by atoms with Crippen molar-refractivity contribution in [1.82, 2.24) is 19.0 Å². The first-order valence-corrected chi connectivity index (χ1v) is 19.0. The van der Waals surface area contributed by atoms with Crippen molar-refractivity contribution in [3.63, 3.8) is 0 Å². The summed E-state index contributed by atoms with van der Waals surface area (Å²) in [6, 6.07) is 50.8. The van der Waals surface area contributed by atoms with Crippen molar-refractivity contribution in [3.05, 3.63) is 170 Å². The molecule has 0 N–H and O–H groups in total. The molecule has 11 rings (SSSR count). The Morgan fingerprint density at radius 3 is 2.11 bits per heavy atom. The Labute approximate surface area is 325 Å². The van der Waals surface area contributed by atoms with Crippen LogP contribution in [0, 0.1) is 0 Å². The summed E-state index contributed by atoms with van der Waals surface area (Å²) in [7, 11) is -0.530. The third kappa shape index (κ3) is 4.99. The summed E-state index contributed by atoms with van der Waals surface area (Å²) < 4.78 is 18.2. The zero-order valence-electron chi connectivity index (χ0n) is 31.2. The maximum atomic E-state index is 7.05. The van der Waals surface area contributed by atoms with Gasteiger partial charge in [-0.3, -0.25) is 4.57 Å². The molecule has 56 heavy (non-hydrogen) atoms. The topological polar surface area (TPSA) is 57.3 Å². The lowest BCUT2D eigenvalue weighted by atomic mass is 9.86. The number of imidazole rings is 1. The van der Waals surface area contributed by atoms with E-state index in [2.05, 4.69) is 168 Å². The third-order valence-electron chi connectivity index (χ3n) is 11.1. The Morgan fingerprint density at radius 1 is 0.571 bits per heavy atom. The van der Waals surface area contributed by atoms with Gasteiger partial charge < -0.3 is 18.7 Å². The molecule has 0 unspecified atom stereocenters. The third-order valence-corrected chi connectivity index (χ3v) is 11.1. The Balaban J connectivity index is 1.05. The molecule has 7 nitrogen and oxygen atoms in total. The number of hydrogen-bond acceptors (Lipinski definition) is 5. The van der Waals surface area contributed by atoms with E-state index in [1.165, 1.54) is 10.9 Å². The first kappa shape index (κ1) is 32.4. The second-order valence-corrected chi connectivity index (χ2v) is 15.5. The number of anilines is 2. The van der Waals surface area contributed by atoms with Crippen molar-refractivity contribution in [2.24, 2.45) is 0 Å².